The molecule has 1 N–H and O–H groups in total. The highest BCUT2D eigenvalue weighted by Gasteiger charge is 2.21. The van der Waals surface area contributed by atoms with Crippen LogP contribution in [0.2, 0.25) is 0 Å². The summed E-state index contributed by atoms with van der Waals surface area (Å²) >= 11 is 0. The molecule has 1 saturated heterocycles. The summed E-state index contributed by atoms with van der Waals surface area (Å²) in [6, 6.07) is 6.06. The lowest BCUT2D eigenvalue weighted by Gasteiger charge is -2.11. The smallest absolute Gasteiger partial charge is 0.226 e. The Labute approximate surface area is 110 Å². The van der Waals surface area contributed by atoms with Crippen LogP contribution in [-0.4, -0.2) is 34.2 Å². The lowest BCUT2D eigenvalue weighted by Crippen LogP contribution is -2.21. The van der Waals surface area contributed by atoms with Crippen LogP contribution >= 0.6 is 0 Å². The highest BCUT2D eigenvalue weighted by Crippen LogP contribution is 2.20. The maximum atomic E-state index is 12.8. The van der Waals surface area contributed by atoms with Gasteiger partial charge < -0.3 is 9.52 Å². The number of aliphatic hydroxyl groups excluding tert-OH is 1. The molecule has 0 aliphatic carbocycles. The molecule has 100 valence electrons. The molecule has 0 spiro atoms. The molecule has 1 aliphatic heterocycles. The molecule has 0 bridgehead atoms. The molecule has 0 saturated carbocycles. The van der Waals surface area contributed by atoms with Gasteiger partial charge in [-0.05, 0) is 30.7 Å². The maximum Gasteiger partial charge on any atom is 0.226 e. The van der Waals surface area contributed by atoms with Crippen LogP contribution < -0.4 is 0 Å². The maximum absolute atomic E-state index is 12.8. The molecule has 1 fully saturated rings. The Hall–Kier alpha value is -1.72. The average Bonchev–Trinajstić information content (AvgIpc) is 3.00. The zero-order valence-corrected chi connectivity index (χ0v) is 10.4. The molecule has 2 heterocycles. The number of nitrogens with zero attached hydrogens (tertiary/aromatic N) is 2. The second-order valence-corrected chi connectivity index (χ2v) is 4.83. The summed E-state index contributed by atoms with van der Waals surface area (Å²) in [7, 11) is 0. The van der Waals surface area contributed by atoms with E-state index in [1.165, 1.54) is 12.1 Å². The van der Waals surface area contributed by atoms with Crippen LogP contribution in [0.5, 0.6) is 0 Å². The first-order valence-corrected chi connectivity index (χ1v) is 6.31. The molecule has 4 nitrogen and oxygen atoms in total. The fraction of sp³-hybridized carbons (Fsp3) is 0.357. The van der Waals surface area contributed by atoms with Crippen molar-refractivity contribution >= 4 is 0 Å². The highest BCUT2D eigenvalue weighted by molar-refractivity contribution is 5.52. The van der Waals surface area contributed by atoms with Gasteiger partial charge in [0.1, 0.15) is 12.1 Å². The monoisotopic (exact) mass is 262 g/mol. The van der Waals surface area contributed by atoms with Gasteiger partial charge in [-0.25, -0.2) is 9.37 Å². The number of hydrogen-bond donors (Lipinski definition) is 1. The van der Waals surface area contributed by atoms with Crippen molar-refractivity contribution in [1.29, 1.82) is 0 Å². The predicted molar refractivity (Wildman–Crippen MR) is 67.8 cm³/mol. The van der Waals surface area contributed by atoms with Gasteiger partial charge in [0.15, 0.2) is 0 Å². The third-order valence-electron chi connectivity index (χ3n) is 3.28. The number of aromatic nitrogens is 1. The van der Waals surface area contributed by atoms with Gasteiger partial charge in [0.2, 0.25) is 5.89 Å². The second-order valence-electron chi connectivity index (χ2n) is 4.83. The van der Waals surface area contributed by atoms with Crippen LogP contribution in [0.4, 0.5) is 4.39 Å². The van der Waals surface area contributed by atoms with Crippen molar-refractivity contribution in [1.82, 2.24) is 9.88 Å². The van der Waals surface area contributed by atoms with Crippen LogP contribution in [-0.2, 0) is 6.54 Å². The van der Waals surface area contributed by atoms with Gasteiger partial charge in [0.25, 0.3) is 0 Å². The number of oxazole rings is 1. The molecule has 19 heavy (non-hydrogen) atoms. The first-order valence-electron chi connectivity index (χ1n) is 6.31. The minimum Gasteiger partial charge on any atom is -0.444 e. The van der Waals surface area contributed by atoms with Crippen LogP contribution in [0.1, 0.15) is 12.1 Å². The zero-order valence-electron chi connectivity index (χ0n) is 10.4. The Kier molecular flexibility index (Phi) is 3.31. The van der Waals surface area contributed by atoms with Gasteiger partial charge in [-0.15, -0.1) is 0 Å². The number of likely N-dealkylation sites (tertiary alicyclic amines) is 1. The van der Waals surface area contributed by atoms with Gasteiger partial charge >= 0.3 is 0 Å². The standard InChI is InChI=1S/C14H15FN2O2/c15-11-3-1-10(2-4-11)14-16-12(9-19-14)7-17-6-5-13(18)8-17/h1-4,9,13,18H,5-8H2/t13-/m1/s1. The number of halogens is 1. The zero-order chi connectivity index (χ0) is 13.2. The van der Waals surface area contributed by atoms with Gasteiger partial charge in [-0.2, -0.15) is 0 Å². The van der Waals surface area contributed by atoms with Crippen LogP contribution in [0.15, 0.2) is 34.9 Å². The van der Waals surface area contributed by atoms with E-state index >= 15 is 0 Å². The molecule has 1 atom stereocenters. The van der Waals surface area contributed by atoms with Crippen molar-refractivity contribution < 1.29 is 13.9 Å². The Bertz CT molecular complexity index is 553. The highest BCUT2D eigenvalue weighted by atomic mass is 19.1. The van der Waals surface area contributed by atoms with E-state index in [2.05, 4.69) is 9.88 Å². The molecule has 0 amide bonds. The summed E-state index contributed by atoms with van der Waals surface area (Å²) in [5, 5.41) is 9.47. The van der Waals surface area contributed by atoms with Gasteiger partial charge in [0.05, 0.1) is 11.8 Å². The van der Waals surface area contributed by atoms with Crippen molar-refractivity contribution in [2.24, 2.45) is 0 Å². The van der Waals surface area contributed by atoms with Gasteiger partial charge in [0, 0.05) is 25.2 Å². The summed E-state index contributed by atoms with van der Waals surface area (Å²) in [6.07, 6.45) is 2.19. The molecule has 1 aliphatic rings. The fourth-order valence-electron chi connectivity index (χ4n) is 2.29. The van der Waals surface area contributed by atoms with E-state index in [1.54, 1.807) is 18.4 Å². The Morgan fingerprint density at radius 2 is 2.16 bits per heavy atom. The van der Waals surface area contributed by atoms with Crippen molar-refractivity contribution in [3.63, 3.8) is 0 Å². The number of rotatable bonds is 3. The van der Waals surface area contributed by atoms with E-state index < -0.39 is 0 Å². The summed E-state index contributed by atoms with van der Waals surface area (Å²) in [5.41, 5.74) is 1.59. The van der Waals surface area contributed by atoms with Crippen molar-refractivity contribution in [3.05, 3.63) is 42.0 Å². The van der Waals surface area contributed by atoms with Crippen molar-refractivity contribution in [2.75, 3.05) is 13.1 Å². The molecule has 1 aromatic carbocycles. The van der Waals surface area contributed by atoms with Gasteiger partial charge in [-0.3, -0.25) is 4.90 Å². The summed E-state index contributed by atoms with van der Waals surface area (Å²) < 4.78 is 18.2. The number of hydrogen-bond acceptors (Lipinski definition) is 4. The molecule has 2 aromatic rings. The molecule has 1 aromatic heterocycles. The van der Waals surface area contributed by atoms with Crippen molar-refractivity contribution in [3.8, 4) is 11.5 Å². The minimum absolute atomic E-state index is 0.233. The van der Waals surface area contributed by atoms with E-state index in [1.807, 2.05) is 0 Å². The largest absolute Gasteiger partial charge is 0.444 e. The number of aliphatic hydroxyl groups is 1. The second kappa shape index (κ2) is 5.11. The Morgan fingerprint density at radius 1 is 1.37 bits per heavy atom. The first-order chi connectivity index (χ1) is 9.20. The summed E-state index contributed by atoms with van der Waals surface area (Å²) in [5.74, 6) is 0.219. The molecular formula is C14H15FN2O2. The van der Waals surface area contributed by atoms with E-state index in [0.29, 0.717) is 19.0 Å². The quantitative estimate of drug-likeness (QED) is 0.919. The van der Waals surface area contributed by atoms with E-state index in [9.17, 15) is 9.50 Å². The fourth-order valence-corrected chi connectivity index (χ4v) is 2.29. The molecular weight excluding hydrogens is 247 g/mol. The molecule has 5 heteroatoms. The Morgan fingerprint density at radius 3 is 2.84 bits per heavy atom. The predicted octanol–water partition coefficient (Wildman–Crippen LogP) is 2.05. The van der Waals surface area contributed by atoms with E-state index in [0.717, 1.165) is 24.2 Å². The number of β-amino-alcohol motifs (C(OH)–C–C–N with tert-alkyl or cyclic N) is 1. The third-order valence-corrected chi connectivity index (χ3v) is 3.28. The van der Waals surface area contributed by atoms with Crippen LogP contribution in [0.25, 0.3) is 11.5 Å². The summed E-state index contributed by atoms with van der Waals surface area (Å²) in [6.45, 7) is 2.22. The molecule has 3 rings (SSSR count). The summed E-state index contributed by atoms with van der Waals surface area (Å²) in [4.78, 5) is 6.52. The first kappa shape index (κ1) is 12.3. The van der Waals surface area contributed by atoms with Crippen molar-refractivity contribution in [2.45, 2.75) is 19.1 Å². The van der Waals surface area contributed by atoms with E-state index in [-0.39, 0.29) is 11.9 Å². The van der Waals surface area contributed by atoms with E-state index in [4.69, 9.17) is 4.42 Å². The minimum atomic E-state index is -0.276. The molecule has 0 unspecified atom stereocenters. The lowest BCUT2D eigenvalue weighted by atomic mass is 10.2. The third kappa shape index (κ3) is 2.83. The average molecular weight is 262 g/mol. The number of benzene rings is 1. The lowest BCUT2D eigenvalue weighted by molar-refractivity contribution is 0.174. The SMILES string of the molecule is O[C@@H]1CCN(Cc2coc(-c3ccc(F)cc3)n2)C1. The topological polar surface area (TPSA) is 49.5 Å². The Balaban J connectivity index is 1.71. The van der Waals surface area contributed by atoms with Crippen LogP contribution in [0, 0.1) is 5.82 Å². The molecule has 0 radical (unpaired) electrons. The van der Waals surface area contributed by atoms with Crippen LogP contribution in [0.3, 0.4) is 0 Å². The normalized spacial score (nSPS) is 20.0. The van der Waals surface area contributed by atoms with Gasteiger partial charge in [-0.1, -0.05) is 0 Å².